The molecule has 0 saturated heterocycles. The Morgan fingerprint density at radius 1 is 1.47 bits per heavy atom. The fourth-order valence-corrected chi connectivity index (χ4v) is 2.92. The van der Waals surface area contributed by atoms with Gasteiger partial charge in [-0.05, 0) is 24.6 Å². The molecule has 1 rings (SSSR count). The molecule has 5 nitrogen and oxygen atoms in total. The van der Waals surface area contributed by atoms with E-state index in [0.29, 0.717) is 10.0 Å². The molecule has 94 valence electrons. The number of hydrogen-bond acceptors (Lipinski definition) is 4. The highest BCUT2D eigenvalue weighted by molar-refractivity contribution is 9.10. The van der Waals surface area contributed by atoms with Crippen LogP contribution in [0.4, 0.5) is 0 Å². The average molecular weight is 322 g/mol. The highest BCUT2D eigenvalue weighted by Crippen LogP contribution is 2.20. The Balaban J connectivity index is 2.97. The number of carbonyl (C=O) groups is 1. The summed E-state index contributed by atoms with van der Waals surface area (Å²) >= 11 is 3.20. The molecule has 0 unspecified atom stereocenters. The van der Waals surface area contributed by atoms with Crippen molar-refractivity contribution in [2.75, 3.05) is 13.7 Å². The number of ether oxygens (including phenoxy) is 1. The molecule has 0 radical (unpaired) electrons. The zero-order valence-corrected chi connectivity index (χ0v) is 11.8. The molecule has 0 heterocycles. The second kappa shape index (κ2) is 5.61. The average Bonchev–Trinajstić information content (AvgIpc) is 2.29. The number of sulfonamides is 1. The van der Waals surface area contributed by atoms with Gasteiger partial charge in [0.25, 0.3) is 0 Å². The molecule has 0 saturated carbocycles. The Morgan fingerprint density at radius 3 is 2.71 bits per heavy atom. The lowest BCUT2D eigenvalue weighted by atomic mass is 10.2. The molecule has 0 aliphatic carbocycles. The minimum Gasteiger partial charge on any atom is -0.468 e. The largest absolute Gasteiger partial charge is 0.468 e. The Kier molecular flexibility index (Phi) is 4.67. The third-order valence-electron chi connectivity index (χ3n) is 2.07. The van der Waals surface area contributed by atoms with E-state index in [1.807, 2.05) is 0 Å². The van der Waals surface area contributed by atoms with E-state index in [1.54, 1.807) is 19.1 Å². The van der Waals surface area contributed by atoms with Gasteiger partial charge >= 0.3 is 5.97 Å². The van der Waals surface area contributed by atoms with Crippen LogP contribution in [0.1, 0.15) is 5.56 Å². The predicted molar refractivity (Wildman–Crippen MR) is 66.1 cm³/mol. The molecule has 1 N–H and O–H groups in total. The van der Waals surface area contributed by atoms with Crippen LogP contribution in [-0.4, -0.2) is 28.0 Å². The van der Waals surface area contributed by atoms with Gasteiger partial charge in [0.05, 0.1) is 12.0 Å². The number of esters is 1. The lowest BCUT2D eigenvalue weighted by molar-refractivity contribution is -0.139. The van der Waals surface area contributed by atoms with E-state index in [9.17, 15) is 13.2 Å². The van der Waals surface area contributed by atoms with Crippen molar-refractivity contribution in [2.45, 2.75) is 11.8 Å². The number of nitrogens with one attached hydrogen (secondary N) is 1. The molecule has 7 heteroatoms. The second-order valence-electron chi connectivity index (χ2n) is 3.31. The molecule has 0 amide bonds. The summed E-state index contributed by atoms with van der Waals surface area (Å²) in [7, 11) is -2.50. The standard InChI is InChI=1S/C10H12BrNO4S/c1-7-3-4-8(11)5-9(7)17(14,15)12-6-10(13)16-2/h3-5,12H,6H2,1-2H3. The van der Waals surface area contributed by atoms with Crippen LogP contribution in [0.3, 0.4) is 0 Å². The van der Waals surface area contributed by atoms with Crippen LogP contribution in [0.15, 0.2) is 27.6 Å². The van der Waals surface area contributed by atoms with Crippen molar-refractivity contribution in [1.82, 2.24) is 4.72 Å². The fourth-order valence-electron chi connectivity index (χ4n) is 1.17. The first-order valence-corrected chi connectivity index (χ1v) is 6.97. The number of rotatable bonds is 4. The quantitative estimate of drug-likeness (QED) is 0.846. The smallest absolute Gasteiger partial charge is 0.320 e. The van der Waals surface area contributed by atoms with E-state index in [0.717, 1.165) is 0 Å². The van der Waals surface area contributed by atoms with Crippen LogP contribution in [0.2, 0.25) is 0 Å². The van der Waals surface area contributed by atoms with Crippen LogP contribution in [-0.2, 0) is 19.6 Å². The zero-order chi connectivity index (χ0) is 13.1. The molecule has 0 aromatic heterocycles. The summed E-state index contributed by atoms with van der Waals surface area (Å²) in [6.45, 7) is 1.30. The summed E-state index contributed by atoms with van der Waals surface area (Å²) in [5, 5.41) is 0. The van der Waals surface area contributed by atoms with Gasteiger partial charge in [-0.15, -0.1) is 0 Å². The summed E-state index contributed by atoms with van der Waals surface area (Å²) in [5.74, 6) is -0.638. The topological polar surface area (TPSA) is 72.5 Å². The van der Waals surface area contributed by atoms with Gasteiger partial charge in [0.1, 0.15) is 6.54 Å². The molecule has 1 aromatic carbocycles. The normalized spacial score (nSPS) is 11.2. The number of benzene rings is 1. The first-order valence-electron chi connectivity index (χ1n) is 4.69. The van der Waals surface area contributed by atoms with Crippen LogP contribution in [0, 0.1) is 6.92 Å². The molecule has 0 atom stereocenters. The van der Waals surface area contributed by atoms with Crippen molar-refractivity contribution in [1.29, 1.82) is 0 Å². The molecule has 0 fully saturated rings. The van der Waals surface area contributed by atoms with Crippen LogP contribution in [0.5, 0.6) is 0 Å². The van der Waals surface area contributed by atoms with Crippen molar-refractivity contribution in [2.24, 2.45) is 0 Å². The van der Waals surface area contributed by atoms with Gasteiger partial charge in [-0.3, -0.25) is 4.79 Å². The first-order chi connectivity index (χ1) is 7.86. The zero-order valence-electron chi connectivity index (χ0n) is 9.36. The Hall–Kier alpha value is -0.920. The number of methoxy groups -OCH3 is 1. The lowest BCUT2D eigenvalue weighted by Gasteiger charge is -2.08. The number of hydrogen-bond donors (Lipinski definition) is 1. The van der Waals surface area contributed by atoms with Crippen molar-refractivity contribution >= 4 is 31.9 Å². The van der Waals surface area contributed by atoms with Crippen molar-refractivity contribution in [3.63, 3.8) is 0 Å². The fraction of sp³-hybridized carbons (Fsp3) is 0.300. The third-order valence-corrected chi connectivity index (χ3v) is 4.11. The summed E-state index contributed by atoms with van der Waals surface area (Å²) in [4.78, 5) is 11.0. The van der Waals surface area contributed by atoms with Gasteiger partial charge in [-0.25, -0.2) is 8.42 Å². The number of halogens is 1. The lowest BCUT2D eigenvalue weighted by Crippen LogP contribution is -2.30. The van der Waals surface area contributed by atoms with E-state index < -0.39 is 16.0 Å². The first kappa shape index (κ1) is 14.1. The number of aryl methyl sites for hydroxylation is 1. The van der Waals surface area contributed by atoms with E-state index in [2.05, 4.69) is 25.4 Å². The van der Waals surface area contributed by atoms with E-state index >= 15 is 0 Å². The van der Waals surface area contributed by atoms with Gasteiger partial charge in [-0.1, -0.05) is 22.0 Å². The maximum Gasteiger partial charge on any atom is 0.320 e. The molecule has 1 aromatic rings. The molecular formula is C10H12BrNO4S. The minimum absolute atomic E-state index is 0.135. The van der Waals surface area contributed by atoms with Crippen molar-refractivity contribution in [3.8, 4) is 0 Å². The van der Waals surface area contributed by atoms with E-state index in [-0.39, 0.29) is 11.4 Å². The summed E-state index contributed by atoms with van der Waals surface area (Å²) in [6.07, 6.45) is 0. The van der Waals surface area contributed by atoms with E-state index in [1.165, 1.54) is 13.2 Å². The third kappa shape index (κ3) is 3.79. The van der Waals surface area contributed by atoms with Gasteiger partial charge in [0, 0.05) is 4.47 Å². The molecular weight excluding hydrogens is 310 g/mol. The predicted octanol–water partition coefficient (Wildman–Crippen LogP) is 1.21. The SMILES string of the molecule is COC(=O)CNS(=O)(=O)c1cc(Br)ccc1C. The molecule has 0 bridgehead atoms. The van der Waals surface area contributed by atoms with Gasteiger partial charge in [0.2, 0.25) is 10.0 Å². The minimum atomic E-state index is -3.70. The second-order valence-corrected chi connectivity index (χ2v) is 5.96. The van der Waals surface area contributed by atoms with E-state index in [4.69, 9.17) is 0 Å². The molecule has 0 spiro atoms. The summed E-state index contributed by atoms with van der Waals surface area (Å²) < 4.78 is 31.0. The van der Waals surface area contributed by atoms with Gasteiger partial charge in [-0.2, -0.15) is 4.72 Å². The number of carbonyl (C=O) groups excluding carboxylic acids is 1. The van der Waals surface area contributed by atoms with Crippen LogP contribution < -0.4 is 4.72 Å². The summed E-state index contributed by atoms with van der Waals surface area (Å²) in [5.41, 5.74) is 0.602. The highest BCUT2D eigenvalue weighted by atomic mass is 79.9. The Bertz CT molecular complexity index is 527. The van der Waals surface area contributed by atoms with Crippen LogP contribution in [0.25, 0.3) is 0 Å². The maximum absolute atomic E-state index is 11.9. The Morgan fingerprint density at radius 2 is 2.12 bits per heavy atom. The maximum atomic E-state index is 11.9. The monoisotopic (exact) mass is 321 g/mol. The highest BCUT2D eigenvalue weighted by Gasteiger charge is 2.18. The van der Waals surface area contributed by atoms with Gasteiger partial charge < -0.3 is 4.74 Å². The van der Waals surface area contributed by atoms with Crippen molar-refractivity contribution < 1.29 is 17.9 Å². The van der Waals surface area contributed by atoms with Gasteiger partial charge in [0.15, 0.2) is 0 Å². The molecule has 0 aliphatic heterocycles. The van der Waals surface area contributed by atoms with Crippen LogP contribution >= 0.6 is 15.9 Å². The van der Waals surface area contributed by atoms with Crippen molar-refractivity contribution in [3.05, 3.63) is 28.2 Å². The summed E-state index contributed by atoms with van der Waals surface area (Å²) in [6, 6.07) is 4.90. The molecule has 0 aliphatic rings. The molecule has 17 heavy (non-hydrogen) atoms. The Labute approximate surface area is 108 Å².